The molecule has 0 unspecified atom stereocenters. The number of nitrogens with two attached hydrogens (primary N) is 1. The molecule has 2 aromatic rings. The van der Waals surface area contributed by atoms with Gasteiger partial charge in [0.2, 0.25) is 9.99 Å². The highest BCUT2D eigenvalue weighted by molar-refractivity contribution is 6.69. The van der Waals surface area contributed by atoms with Crippen LogP contribution in [0.3, 0.4) is 0 Å². The fraction of sp³-hybridized carbons (Fsp3) is 0.125. The number of halogens is 3. The number of rotatable bonds is 4. The van der Waals surface area contributed by atoms with E-state index in [0.29, 0.717) is 5.69 Å². The molecule has 26 heavy (non-hydrogen) atoms. The van der Waals surface area contributed by atoms with Gasteiger partial charge in [0.1, 0.15) is 0 Å². The van der Waals surface area contributed by atoms with E-state index in [9.17, 15) is 4.79 Å². The SMILES string of the molecule is N#CN=C(Nc1cccnc1)[C@@](N)(NC(=O)c1ccccc1)C(Cl)(Cl)Cl. The highest BCUT2D eigenvalue weighted by atomic mass is 35.6. The third kappa shape index (κ3) is 4.62. The van der Waals surface area contributed by atoms with Crippen molar-refractivity contribution in [2.24, 2.45) is 10.7 Å². The van der Waals surface area contributed by atoms with E-state index in [1.807, 2.05) is 0 Å². The van der Waals surface area contributed by atoms with Gasteiger partial charge in [0.25, 0.3) is 5.91 Å². The molecular formula is C16H13Cl3N6O. The molecule has 0 aliphatic carbocycles. The van der Waals surface area contributed by atoms with Crippen LogP contribution in [0, 0.1) is 11.5 Å². The molecule has 1 amide bonds. The molecule has 0 saturated carbocycles. The van der Waals surface area contributed by atoms with Crippen molar-refractivity contribution in [3.63, 3.8) is 0 Å². The largest absolute Gasteiger partial charge is 0.338 e. The summed E-state index contributed by atoms with van der Waals surface area (Å²) >= 11 is 18.0. The lowest BCUT2D eigenvalue weighted by atomic mass is 10.1. The monoisotopic (exact) mass is 410 g/mol. The number of carbonyl (C=O) groups is 1. The summed E-state index contributed by atoms with van der Waals surface area (Å²) in [5.74, 6) is -0.879. The first-order valence-corrected chi connectivity index (χ1v) is 8.29. The van der Waals surface area contributed by atoms with E-state index in [1.54, 1.807) is 54.9 Å². The molecule has 0 aliphatic rings. The first kappa shape index (κ1) is 19.9. The van der Waals surface area contributed by atoms with Crippen molar-refractivity contribution in [1.29, 1.82) is 5.26 Å². The predicted octanol–water partition coefficient (Wildman–Crippen LogP) is 2.83. The molecular weight excluding hydrogens is 399 g/mol. The smallest absolute Gasteiger partial charge is 0.253 e. The molecule has 10 heteroatoms. The van der Waals surface area contributed by atoms with E-state index in [1.165, 1.54) is 6.20 Å². The number of aromatic nitrogens is 1. The minimum atomic E-state index is -2.23. The summed E-state index contributed by atoms with van der Waals surface area (Å²) in [6, 6.07) is 11.5. The minimum Gasteiger partial charge on any atom is -0.338 e. The molecule has 1 heterocycles. The number of nitrogens with zero attached hydrogens (tertiary/aromatic N) is 3. The molecule has 1 aromatic heterocycles. The Labute approximate surface area is 164 Å². The number of pyridine rings is 1. The van der Waals surface area contributed by atoms with Crippen LogP contribution in [0.15, 0.2) is 59.9 Å². The van der Waals surface area contributed by atoms with Crippen LogP contribution in [-0.4, -0.2) is 26.2 Å². The van der Waals surface area contributed by atoms with Crippen LogP contribution in [0.5, 0.6) is 0 Å². The summed E-state index contributed by atoms with van der Waals surface area (Å²) in [6.45, 7) is 0. The lowest BCUT2D eigenvalue weighted by Gasteiger charge is -2.37. The predicted molar refractivity (Wildman–Crippen MR) is 102 cm³/mol. The number of carbonyl (C=O) groups excluding carboxylic acids is 1. The number of amidine groups is 1. The summed E-state index contributed by atoms with van der Waals surface area (Å²) in [6.07, 6.45) is 4.58. The number of aliphatic imine (C=N–C) groups is 1. The van der Waals surface area contributed by atoms with E-state index in [4.69, 9.17) is 45.8 Å². The quantitative estimate of drug-likeness (QED) is 0.235. The number of nitrogens with one attached hydrogen (secondary N) is 2. The second-order valence-corrected chi connectivity index (χ2v) is 7.33. The van der Waals surface area contributed by atoms with Gasteiger partial charge in [-0.05, 0) is 24.3 Å². The Hall–Kier alpha value is -2.37. The average molecular weight is 412 g/mol. The van der Waals surface area contributed by atoms with Crippen molar-refractivity contribution in [1.82, 2.24) is 10.3 Å². The summed E-state index contributed by atoms with van der Waals surface area (Å²) in [5.41, 5.74) is 4.79. The van der Waals surface area contributed by atoms with Gasteiger partial charge in [0, 0.05) is 11.8 Å². The molecule has 0 fully saturated rings. The summed E-state index contributed by atoms with van der Waals surface area (Å²) in [4.78, 5) is 20.0. The van der Waals surface area contributed by atoms with Crippen molar-refractivity contribution in [2.45, 2.75) is 9.46 Å². The zero-order valence-corrected chi connectivity index (χ0v) is 15.4. The van der Waals surface area contributed by atoms with Gasteiger partial charge < -0.3 is 10.6 Å². The minimum absolute atomic E-state index is 0.266. The van der Waals surface area contributed by atoms with Crippen LogP contribution in [0.1, 0.15) is 10.4 Å². The van der Waals surface area contributed by atoms with Crippen molar-refractivity contribution >= 4 is 52.2 Å². The highest BCUT2D eigenvalue weighted by Crippen LogP contribution is 2.36. The van der Waals surface area contributed by atoms with Crippen molar-refractivity contribution < 1.29 is 4.79 Å². The fourth-order valence-electron chi connectivity index (χ4n) is 1.94. The molecule has 0 radical (unpaired) electrons. The van der Waals surface area contributed by atoms with Crippen LogP contribution in [0.25, 0.3) is 0 Å². The Balaban J connectivity index is 2.41. The number of alkyl halides is 3. The third-order valence-electron chi connectivity index (χ3n) is 3.25. The zero-order valence-electron chi connectivity index (χ0n) is 13.2. The van der Waals surface area contributed by atoms with E-state index in [2.05, 4.69) is 20.6 Å². The lowest BCUT2D eigenvalue weighted by molar-refractivity contribution is 0.0925. The van der Waals surface area contributed by atoms with Gasteiger partial charge >= 0.3 is 0 Å². The Morgan fingerprint density at radius 1 is 1.19 bits per heavy atom. The third-order valence-corrected chi connectivity index (χ3v) is 4.15. The van der Waals surface area contributed by atoms with E-state index >= 15 is 0 Å². The van der Waals surface area contributed by atoms with Crippen LogP contribution in [0.2, 0.25) is 0 Å². The van der Waals surface area contributed by atoms with E-state index < -0.39 is 15.4 Å². The molecule has 7 nitrogen and oxygen atoms in total. The van der Waals surface area contributed by atoms with Crippen molar-refractivity contribution in [3.8, 4) is 6.19 Å². The Morgan fingerprint density at radius 2 is 1.88 bits per heavy atom. The molecule has 0 bridgehead atoms. The molecule has 134 valence electrons. The number of anilines is 1. The van der Waals surface area contributed by atoms with Gasteiger partial charge in [-0.25, -0.2) is 0 Å². The fourth-order valence-corrected chi connectivity index (χ4v) is 2.35. The number of amides is 1. The van der Waals surface area contributed by atoms with Crippen LogP contribution in [0.4, 0.5) is 5.69 Å². The van der Waals surface area contributed by atoms with Gasteiger partial charge in [-0.3, -0.25) is 15.5 Å². The Bertz CT molecular complexity index is 833. The lowest BCUT2D eigenvalue weighted by Crippen LogP contribution is -2.70. The maximum Gasteiger partial charge on any atom is 0.253 e. The number of hydrogen-bond donors (Lipinski definition) is 3. The van der Waals surface area contributed by atoms with Crippen molar-refractivity contribution in [3.05, 3.63) is 60.4 Å². The zero-order chi connectivity index (χ0) is 19.2. The van der Waals surface area contributed by atoms with Crippen LogP contribution < -0.4 is 16.4 Å². The standard InChI is InChI=1S/C16H13Cl3N6O/c17-16(18,19)15(21,25-13(26)11-5-2-1-3-6-11)14(23-10-20)24-12-7-4-8-22-9-12/h1-9H,21H2,(H,23,24)(H,25,26)/t15-/m1/s1. The van der Waals surface area contributed by atoms with Gasteiger partial charge in [-0.1, -0.05) is 53.0 Å². The summed E-state index contributed by atoms with van der Waals surface area (Å²) < 4.78 is -2.23. The normalized spacial score (nSPS) is 14.0. The number of nitriles is 1. The van der Waals surface area contributed by atoms with E-state index in [0.717, 1.165) is 0 Å². The van der Waals surface area contributed by atoms with Crippen LogP contribution in [-0.2, 0) is 0 Å². The Morgan fingerprint density at radius 3 is 2.42 bits per heavy atom. The Kier molecular flexibility index (Phi) is 6.40. The molecule has 0 saturated heterocycles. The molecule has 0 aliphatic heterocycles. The topological polar surface area (TPSA) is 116 Å². The van der Waals surface area contributed by atoms with Crippen molar-refractivity contribution in [2.75, 3.05) is 5.32 Å². The number of hydrogen-bond acceptors (Lipinski definition) is 5. The van der Waals surface area contributed by atoms with Crippen LogP contribution >= 0.6 is 34.8 Å². The van der Waals surface area contributed by atoms with Gasteiger partial charge in [0.05, 0.1) is 11.9 Å². The maximum absolute atomic E-state index is 12.5. The maximum atomic E-state index is 12.5. The second-order valence-electron chi connectivity index (χ2n) is 5.05. The second kappa shape index (κ2) is 8.34. The molecule has 1 aromatic carbocycles. The molecule has 1 atom stereocenters. The number of benzene rings is 1. The average Bonchev–Trinajstić information content (AvgIpc) is 2.62. The molecule has 2 rings (SSSR count). The van der Waals surface area contributed by atoms with Gasteiger partial charge in [-0.15, -0.1) is 0 Å². The first-order chi connectivity index (χ1) is 12.3. The van der Waals surface area contributed by atoms with Gasteiger partial charge in [0.15, 0.2) is 11.5 Å². The van der Waals surface area contributed by atoms with Gasteiger partial charge in [-0.2, -0.15) is 10.3 Å². The highest BCUT2D eigenvalue weighted by Gasteiger charge is 2.51. The summed E-state index contributed by atoms with van der Waals surface area (Å²) in [5, 5.41) is 14.2. The molecule has 4 N–H and O–H groups in total. The van der Waals surface area contributed by atoms with E-state index in [-0.39, 0.29) is 11.4 Å². The molecule has 0 spiro atoms. The summed E-state index contributed by atoms with van der Waals surface area (Å²) in [7, 11) is 0. The first-order valence-electron chi connectivity index (χ1n) is 7.15.